The van der Waals surface area contributed by atoms with E-state index in [1.165, 1.54) is 6.08 Å². The summed E-state index contributed by atoms with van der Waals surface area (Å²) in [5.41, 5.74) is 0. The van der Waals surface area contributed by atoms with Crippen LogP contribution in [0.4, 0.5) is 0 Å². The molecule has 1 aliphatic rings. The van der Waals surface area contributed by atoms with Gasteiger partial charge in [0, 0.05) is 18.2 Å². The Morgan fingerprint density at radius 3 is 2.13 bits per heavy atom. The highest BCUT2D eigenvalue weighted by Gasteiger charge is 2.36. The summed E-state index contributed by atoms with van der Waals surface area (Å²) >= 11 is 0. The molecule has 0 amide bonds. The van der Waals surface area contributed by atoms with E-state index in [0.29, 0.717) is 12.1 Å². The molecular weight excluding hydrogens is 192 g/mol. The van der Waals surface area contributed by atoms with Crippen molar-refractivity contribution in [1.82, 2.24) is 10.4 Å². The summed E-state index contributed by atoms with van der Waals surface area (Å²) < 4.78 is 0. The van der Waals surface area contributed by atoms with Gasteiger partial charge in [-0.2, -0.15) is 0 Å². The lowest BCUT2D eigenvalue weighted by Crippen LogP contribution is -2.63. The standard InChI is InChI=1S/C11H20N2O2/c1-6-11(14)15-13-9(4)7(2)12-8(3)10(13)5/h6-10,12H,1H2,2-5H3. The zero-order chi connectivity index (χ0) is 11.6. The first kappa shape index (κ1) is 12.2. The quantitative estimate of drug-likeness (QED) is 0.696. The molecule has 4 nitrogen and oxygen atoms in total. The van der Waals surface area contributed by atoms with Crippen LogP contribution < -0.4 is 5.32 Å². The number of carbonyl (C=O) groups is 1. The molecule has 0 saturated carbocycles. The summed E-state index contributed by atoms with van der Waals surface area (Å²) in [6, 6.07) is 0.933. The number of carbonyl (C=O) groups excluding carboxylic acids is 1. The van der Waals surface area contributed by atoms with E-state index in [0.717, 1.165) is 0 Å². The van der Waals surface area contributed by atoms with E-state index >= 15 is 0 Å². The Kier molecular flexibility index (Phi) is 3.88. The maximum atomic E-state index is 11.2. The van der Waals surface area contributed by atoms with Gasteiger partial charge >= 0.3 is 5.97 Å². The highest BCUT2D eigenvalue weighted by Crippen LogP contribution is 2.19. The number of nitrogens with zero attached hydrogens (tertiary/aromatic N) is 1. The fraction of sp³-hybridized carbons (Fsp3) is 0.727. The maximum Gasteiger partial charge on any atom is 0.349 e. The third-order valence-corrected chi connectivity index (χ3v) is 3.14. The van der Waals surface area contributed by atoms with Crippen LogP contribution in [0.25, 0.3) is 0 Å². The normalized spacial score (nSPS) is 37.3. The zero-order valence-electron chi connectivity index (χ0n) is 9.86. The molecule has 0 aromatic heterocycles. The Balaban J connectivity index is 2.73. The van der Waals surface area contributed by atoms with Crippen molar-refractivity contribution in [2.75, 3.05) is 0 Å². The molecule has 86 valence electrons. The van der Waals surface area contributed by atoms with Crippen LogP contribution in [-0.2, 0) is 9.63 Å². The molecule has 1 rings (SSSR count). The maximum absolute atomic E-state index is 11.2. The smallest absolute Gasteiger partial charge is 0.349 e. The van der Waals surface area contributed by atoms with Crippen LogP contribution in [0.15, 0.2) is 12.7 Å². The molecule has 1 aliphatic heterocycles. The van der Waals surface area contributed by atoms with Gasteiger partial charge in [0.1, 0.15) is 0 Å². The van der Waals surface area contributed by atoms with Gasteiger partial charge in [0.15, 0.2) is 0 Å². The number of hydroxylamine groups is 2. The molecule has 0 aromatic rings. The van der Waals surface area contributed by atoms with Crippen LogP contribution in [0.3, 0.4) is 0 Å². The second kappa shape index (κ2) is 4.77. The van der Waals surface area contributed by atoms with E-state index < -0.39 is 5.97 Å². The lowest BCUT2D eigenvalue weighted by molar-refractivity contribution is -0.221. The van der Waals surface area contributed by atoms with Crippen molar-refractivity contribution in [3.63, 3.8) is 0 Å². The number of rotatable bonds is 2. The van der Waals surface area contributed by atoms with Gasteiger partial charge < -0.3 is 10.2 Å². The third-order valence-electron chi connectivity index (χ3n) is 3.14. The molecule has 1 N–H and O–H groups in total. The minimum absolute atomic E-state index is 0.167. The summed E-state index contributed by atoms with van der Waals surface area (Å²) in [6.45, 7) is 11.6. The molecule has 4 unspecified atom stereocenters. The summed E-state index contributed by atoms with van der Waals surface area (Å²) in [7, 11) is 0. The SMILES string of the molecule is C=CC(=O)ON1C(C)C(C)NC(C)C1C. The van der Waals surface area contributed by atoms with E-state index in [2.05, 4.69) is 25.7 Å². The fourth-order valence-electron chi connectivity index (χ4n) is 1.81. The summed E-state index contributed by atoms with van der Waals surface area (Å²) in [5.74, 6) is -0.394. The molecule has 0 aliphatic carbocycles. The first-order valence-electron chi connectivity index (χ1n) is 5.36. The van der Waals surface area contributed by atoms with Crippen LogP contribution in [0.1, 0.15) is 27.7 Å². The first-order valence-corrected chi connectivity index (χ1v) is 5.36. The Morgan fingerprint density at radius 2 is 1.73 bits per heavy atom. The van der Waals surface area contributed by atoms with Crippen LogP contribution >= 0.6 is 0 Å². The molecule has 4 atom stereocenters. The number of piperazine rings is 1. The molecule has 0 radical (unpaired) electrons. The number of nitrogens with one attached hydrogen (secondary N) is 1. The summed E-state index contributed by atoms with van der Waals surface area (Å²) in [6.07, 6.45) is 1.19. The van der Waals surface area contributed by atoms with Crippen molar-refractivity contribution in [2.24, 2.45) is 0 Å². The first-order chi connectivity index (χ1) is 6.97. The van der Waals surface area contributed by atoms with Crippen LogP contribution in [0.2, 0.25) is 0 Å². The zero-order valence-corrected chi connectivity index (χ0v) is 9.86. The average molecular weight is 212 g/mol. The van der Waals surface area contributed by atoms with Crippen LogP contribution in [0.5, 0.6) is 0 Å². The third kappa shape index (κ3) is 2.58. The highest BCUT2D eigenvalue weighted by atomic mass is 16.7. The second-order valence-corrected chi connectivity index (χ2v) is 4.20. The van der Waals surface area contributed by atoms with E-state index in [9.17, 15) is 4.79 Å². The predicted molar refractivity (Wildman–Crippen MR) is 59.1 cm³/mol. The summed E-state index contributed by atoms with van der Waals surface area (Å²) in [4.78, 5) is 16.4. The van der Waals surface area contributed by atoms with Crippen molar-refractivity contribution in [3.8, 4) is 0 Å². The monoisotopic (exact) mass is 212 g/mol. The van der Waals surface area contributed by atoms with Crippen molar-refractivity contribution in [2.45, 2.75) is 51.9 Å². The van der Waals surface area contributed by atoms with Crippen molar-refractivity contribution >= 4 is 5.97 Å². The lowest BCUT2D eigenvalue weighted by Gasteiger charge is -2.44. The molecule has 0 bridgehead atoms. The molecule has 1 saturated heterocycles. The molecule has 1 fully saturated rings. The minimum atomic E-state index is -0.394. The van der Waals surface area contributed by atoms with E-state index in [1.54, 1.807) is 5.06 Å². The van der Waals surface area contributed by atoms with Gasteiger partial charge in [-0.05, 0) is 27.7 Å². The largest absolute Gasteiger partial charge is 0.364 e. The van der Waals surface area contributed by atoms with Gasteiger partial charge in [-0.1, -0.05) is 6.58 Å². The topological polar surface area (TPSA) is 41.6 Å². The van der Waals surface area contributed by atoms with Gasteiger partial charge in [-0.25, -0.2) is 4.79 Å². The molecule has 15 heavy (non-hydrogen) atoms. The highest BCUT2D eigenvalue weighted by molar-refractivity contribution is 5.80. The predicted octanol–water partition coefficient (Wildman–Crippen LogP) is 1.09. The van der Waals surface area contributed by atoms with E-state index in [-0.39, 0.29) is 12.1 Å². The molecule has 1 heterocycles. The van der Waals surface area contributed by atoms with Gasteiger partial charge in [0.05, 0.1) is 12.1 Å². The van der Waals surface area contributed by atoms with Crippen molar-refractivity contribution in [3.05, 3.63) is 12.7 Å². The van der Waals surface area contributed by atoms with E-state index in [1.807, 2.05) is 13.8 Å². The summed E-state index contributed by atoms with van der Waals surface area (Å²) in [5, 5.41) is 5.20. The Labute approximate surface area is 91.2 Å². The van der Waals surface area contributed by atoms with Crippen LogP contribution in [-0.4, -0.2) is 35.2 Å². The Hall–Kier alpha value is -0.870. The molecular formula is C11H20N2O2. The Bertz CT molecular complexity index is 241. The van der Waals surface area contributed by atoms with Gasteiger partial charge in [0.25, 0.3) is 0 Å². The van der Waals surface area contributed by atoms with Crippen molar-refractivity contribution < 1.29 is 9.63 Å². The fourth-order valence-corrected chi connectivity index (χ4v) is 1.81. The lowest BCUT2D eigenvalue weighted by atomic mass is 10.0. The number of hydrogen-bond acceptors (Lipinski definition) is 4. The van der Waals surface area contributed by atoms with Gasteiger partial charge in [-0.15, -0.1) is 5.06 Å². The van der Waals surface area contributed by atoms with Crippen molar-refractivity contribution in [1.29, 1.82) is 0 Å². The van der Waals surface area contributed by atoms with Gasteiger partial charge in [0.2, 0.25) is 0 Å². The second-order valence-electron chi connectivity index (χ2n) is 4.20. The van der Waals surface area contributed by atoms with E-state index in [4.69, 9.17) is 4.84 Å². The van der Waals surface area contributed by atoms with Crippen LogP contribution in [0, 0.1) is 0 Å². The van der Waals surface area contributed by atoms with Gasteiger partial charge in [-0.3, -0.25) is 0 Å². The number of hydrogen-bond donors (Lipinski definition) is 1. The Morgan fingerprint density at radius 1 is 1.27 bits per heavy atom. The molecule has 0 spiro atoms. The average Bonchev–Trinajstić information content (AvgIpc) is 2.21. The molecule has 0 aromatic carbocycles. The molecule has 4 heteroatoms. The minimum Gasteiger partial charge on any atom is -0.364 e.